The summed E-state index contributed by atoms with van der Waals surface area (Å²) in [7, 11) is 0. The van der Waals surface area contributed by atoms with Crippen molar-refractivity contribution in [2.75, 3.05) is 0 Å². The molecule has 0 amide bonds. The minimum Gasteiger partial charge on any atom is -0.390 e. The molecule has 2 heteroatoms. The third-order valence-electron chi connectivity index (χ3n) is 2.64. The van der Waals surface area contributed by atoms with Gasteiger partial charge in [-0.2, -0.15) is 0 Å². The number of rotatable bonds is 0. The topological polar surface area (TPSA) is 40.5 Å². The van der Waals surface area contributed by atoms with Gasteiger partial charge >= 0.3 is 0 Å². The molecule has 0 heterocycles. The predicted molar refractivity (Wildman–Crippen MR) is 32.0 cm³/mol. The van der Waals surface area contributed by atoms with Crippen LogP contribution in [0.3, 0.4) is 0 Å². The standard InChI is InChI=1S/C7H11O2/c8-6-4-1-2-5(3-4)7(6)9/h4-6,8-9H,1-3H2. The molecule has 51 valence electrons. The predicted octanol–water partition coefficient (Wildman–Crippen LogP) is 0.682. The molecule has 0 aromatic rings. The molecule has 2 aliphatic carbocycles. The van der Waals surface area contributed by atoms with Gasteiger partial charge in [0.25, 0.3) is 0 Å². The molecule has 0 spiro atoms. The Hall–Kier alpha value is -0.0800. The summed E-state index contributed by atoms with van der Waals surface area (Å²) in [5.41, 5.74) is 0. The van der Waals surface area contributed by atoms with Crippen LogP contribution in [0.25, 0.3) is 0 Å². The molecule has 0 aromatic heterocycles. The highest BCUT2D eigenvalue weighted by atomic mass is 16.3. The van der Waals surface area contributed by atoms with Gasteiger partial charge in [-0.1, -0.05) is 0 Å². The van der Waals surface area contributed by atoms with Crippen molar-refractivity contribution in [2.45, 2.75) is 25.4 Å². The van der Waals surface area contributed by atoms with Gasteiger partial charge in [-0.05, 0) is 31.1 Å². The smallest absolute Gasteiger partial charge is 0.125 e. The number of hydrogen-bond donors (Lipinski definition) is 2. The SMILES string of the molecule is O[C]1C2CCC(C2)C1O. The van der Waals surface area contributed by atoms with Crippen molar-refractivity contribution in [1.29, 1.82) is 0 Å². The van der Waals surface area contributed by atoms with Crippen molar-refractivity contribution in [3.63, 3.8) is 0 Å². The Morgan fingerprint density at radius 2 is 2.11 bits per heavy atom. The number of aliphatic hydroxyl groups excluding tert-OH is 2. The van der Waals surface area contributed by atoms with Crippen molar-refractivity contribution in [3.8, 4) is 0 Å². The minimum atomic E-state index is -0.483. The molecular formula is C7H11O2. The third-order valence-corrected chi connectivity index (χ3v) is 2.64. The van der Waals surface area contributed by atoms with Crippen molar-refractivity contribution < 1.29 is 10.2 Å². The minimum absolute atomic E-state index is 0.338. The largest absolute Gasteiger partial charge is 0.390 e. The first kappa shape index (κ1) is 5.69. The second-order valence-electron chi connectivity index (χ2n) is 3.14. The fraction of sp³-hybridized carbons (Fsp3) is 0.857. The summed E-state index contributed by atoms with van der Waals surface area (Å²) in [5.74, 6) is 0.722. The van der Waals surface area contributed by atoms with E-state index >= 15 is 0 Å². The van der Waals surface area contributed by atoms with Crippen LogP contribution in [0, 0.1) is 17.9 Å². The molecule has 2 saturated carbocycles. The highest BCUT2D eigenvalue weighted by molar-refractivity contribution is 5.07. The van der Waals surface area contributed by atoms with E-state index in [4.69, 9.17) is 5.11 Å². The van der Waals surface area contributed by atoms with Gasteiger partial charge in [-0.25, -0.2) is 0 Å². The van der Waals surface area contributed by atoms with Crippen molar-refractivity contribution in [1.82, 2.24) is 0 Å². The van der Waals surface area contributed by atoms with Crippen LogP contribution in [-0.2, 0) is 0 Å². The van der Waals surface area contributed by atoms with Crippen LogP contribution in [0.15, 0.2) is 0 Å². The molecule has 2 nitrogen and oxygen atoms in total. The number of fused-ring (bicyclic) bond motifs is 2. The Labute approximate surface area is 54.5 Å². The second-order valence-corrected chi connectivity index (χ2v) is 3.14. The first-order chi connectivity index (χ1) is 4.29. The number of hydrogen-bond acceptors (Lipinski definition) is 2. The van der Waals surface area contributed by atoms with Crippen molar-refractivity contribution in [3.05, 3.63) is 6.10 Å². The van der Waals surface area contributed by atoms with E-state index in [9.17, 15) is 5.11 Å². The van der Waals surface area contributed by atoms with E-state index in [1.807, 2.05) is 0 Å². The maximum atomic E-state index is 9.20. The number of aliphatic hydroxyl groups is 2. The molecule has 0 saturated heterocycles. The van der Waals surface area contributed by atoms with Crippen LogP contribution in [0.2, 0.25) is 0 Å². The van der Waals surface area contributed by atoms with Crippen LogP contribution in [-0.4, -0.2) is 16.3 Å². The van der Waals surface area contributed by atoms with E-state index in [2.05, 4.69) is 0 Å². The molecular weight excluding hydrogens is 116 g/mol. The van der Waals surface area contributed by atoms with Crippen LogP contribution in [0.1, 0.15) is 19.3 Å². The maximum absolute atomic E-state index is 9.20. The highest BCUT2D eigenvalue weighted by Crippen LogP contribution is 2.48. The van der Waals surface area contributed by atoms with E-state index in [0.717, 1.165) is 19.3 Å². The van der Waals surface area contributed by atoms with Gasteiger partial charge in [-0.3, -0.25) is 0 Å². The molecule has 0 aliphatic heterocycles. The zero-order valence-corrected chi connectivity index (χ0v) is 5.25. The normalized spacial score (nSPS) is 50.7. The highest BCUT2D eigenvalue weighted by Gasteiger charge is 2.46. The summed E-state index contributed by atoms with van der Waals surface area (Å²) in [4.78, 5) is 0. The zero-order valence-electron chi connectivity index (χ0n) is 5.25. The lowest BCUT2D eigenvalue weighted by molar-refractivity contribution is 0.0566. The Balaban J connectivity index is 2.15. The lowest BCUT2D eigenvalue weighted by Crippen LogP contribution is -2.24. The Bertz CT molecular complexity index is 106. The lowest BCUT2D eigenvalue weighted by Gasteiger charge is -2.20. The molecule has 9 heavy (non-hydrogen) atoms. The van der Waals surface area contributed by atoms with Gasteiger partial charge in [0.2, 0.25) is 0 Å². The van der Waals surface area contributed by atoms with E-state index in [1.54, 1.807) is 0 Å². The van der Waals surface area contributed by atoms with Gasteiger partial charge in [-0.15, -0.1) is 0 Å². The lowest BCUT2D eigenvalue weighted by atomic mass is 9.95. The average Bonchev–Trinajstić information content (AvgIpc) is 2.37. The monoisotopic (exact) mass is 127 g/mol. The summed E-state index contributed by atoms with van der Waals surface area (Å²) in [6.07, 6.45) is 3.09. The van der Waals surface area contributed by atoms with Crippen LogP contribution < -0.4 is 0 Å². The summed E-state index contributed by atoms with van der Waals surface area (Å²) < 4.78 is 0. The molecule has 1 radical (unpaired) electrons. The van der Waals surface area contributed by atoms with E-state index < -0.39 is 6.10 Å². The van der Waals surface area contributed by atoms with Crippen LogP contribution >= 0.6 is 0 Å². The molecule has 2 bridgehead atoms. The quantitative estimate of drug-likeness (QED) is 0.502. The Kier molecular flexibility index (Phi) is 1.08. The molecule has 2 aliphatic rings. The molecule has 2 rings (SSSR count). The maximum Gasteiger partial charge on any atom is 0.125 e. The first-order valence-corrected chi connectivity index (χ1v) is 3.53. The van der Waals surface area contributed by atoms with Gasteiger partial charge < -0.3 is 10.2 Å². The fourth-order valence-corrected chi connectivity index (χ4v) is 2.05. The second kappa shape index (κ2) is 1.70. The van der Waals surface area contributed by atoms with Crippen LogP contribution in [0.5, 0.6) is 0 Å². The molecule has 2 N–H and O–H groups in total. The van der Waals surface area contributed by atoms with E-state index in [1.165, 1.54) is 0 Å². The molecule has 3 unspecified atom stereocenters. The van der Waals surface area contributed by atoms with Crippen molar-refractivity contribution in [2.24, 2.45) is 11.8 Å². The summed E-state index contributed by atoms with van der Waals surface area (Å²) in [6.45, 7) is 0. The van der Waals surface area contributed by atoms with E-state index in [0.29, 0.717) is 17.9 Å². The van der Waals surface area contributed by atoms with Crippen molar-refractivity contribution >= 4 is 0 Å². The van der Waals surface area contributed by atoms with Crippen LogP contribution in [0.4, 0.5) is 0 Å². The molecule has 3 atom stereocenters. The van der Waals surface area contributed by atoms with Gasteiger partial charge in [0.1, 0.15) is 6.10 Å². The Morgan fingerprint density at radius 3 is 2.44 bits per heavy atom. The first-order valence-electron chi connectivity index (χ1n) is 3.53. The summed E-state index contributed by atoms with van der Waals surface area (Å²) in [6, 6.07) is 0. The van der Waals surface area contributed by atoms with Gasteiger partial charge in [0.15, 0.2) is 0 Å². The average molecular weight is 127 g/mol. The molecule has 0 aromatic carbocycles. The van der Waals surface area contributed by atoms with Gasteiger partial charge in [0.05, 0.1) is 6.10 Å². The zero-order chi connectivity index (χ0) is 6.43. The van der Waals surface area contributed by atoms with Gasteiger partial charge in [0, 0.05) is 0 Å². The Morgan fingerprint density at radius 1 is 1.33 bits per heavy atom. The fourth-order valence-electron chi connectivity index (χ4n) is 2.05. The molecule has 2 fully saturated rings. The summed E-state index contributed by atoms with van der Waals surface area (Å²) in [5, 5.41) is 18.4. The third kappa shape index (κ3) is 0.634. The summed E-state index contributed by atoms with van der Waals surface area (Å²) >= 11 is 0. The van der Waals surface area contributed by atoms with E-state index in [-0.39, 0.29) is 0 Å².